The average molecular weight is 374 g/mol. The molecule has 0 unspecified atom stereocenters. The van der Waals surface area contributed by atoms with Gasteiger partial charge in [-0.3, -0.25) is 4.79 Å². The van der Waals surface area contributed by atoms with Gasteiger partial charge in [-0.2, -0.15) is 0 Å². The number of H-pyrrole nitrogens is 1. The summed E-state index contributed by atoms with van der Waals surface area (Å²) in [5.41, 5.74) is 5.95. The quantitative estimate of drug-likeness (QED) is 0.424. The van der Waals surface area contributed by atoms with Gasteiger partial charge in [0.05, 0.1) is 5.75 Å². The summed E-state index contributed by atoms with van der Waals surface area (Å²) in [5, 5.41) is 10.0. The van der Waals surface area contributed by atoms with Crippen molar-refractivity contribution in [3.05, 3.63) is 59.2 Å². The highest BCUT2D eigenvalue weighted by atomic mass is 32.2. The summed E-state index contributed by atoms with van der Waals surface area (Å²) in [4.78, 5) is 20.4. The zero-order valence-electron chi connectivity index (χ0n) is 14.7. The molecule has 2 heterocycles. The lowest BCUT2D eigenvalue weighted by Gasteiger charge is -2.16. The molecule has 1 aliphatic rings. The van der Waals surface area contributed by atoms with E-state index in [9.17, 15) is 4.79 Å². The second kappa shape index (κ2) is 6.78. The van der Waals surface area contributed by atoms with Crippen LogP contribution in [0.25, 0.3) is 22.1 Å². The Kier molecular flexibility index (Phi) is 4.13. The molecule has 0 amide bonds. The first-order valence-electron chi connectivity index (χ1n) is 9.17. The molecule has 2 aromatic carbocycles. The summed E-state index contributed by atoms with van der Waals surface area (Å²) in [6.07, 6.45) is 4.66. The van der Waals surface area contributed by atoms with Crippen LogP contribution in [0.3, 0.4) is 0 Å². The number of aromatic amines is 1. The van der Waals surface area contributed by atoms with E-state index in [1.54, 1.807) is 0 Å². The van der Waals surface area contributed by atoms with Crippen molar-refractivity contribution in [1.29, 1.82) is 0 Å². The minimum absolute atomic E-state index is 0.105. The molecular formula is C21H18N4OS. The number of aryl methyl sites for hydroxylation is 2. The molecule has 0 aliphatic heterocycles. The summed E-state index contributed by atoms with van der Waals surface area (Å²) in [7, 11) is 0. The average Bonchev–Trinajstić information content (AvgIpc) is 3.09. The molecule has 134 valence electrons. The third kappa shape index (κ3) is 3.10. The van der Waals surface area contributed by atoms with Gasteiger partial charge in [-0.25, -0.2) is 4.98 Å². The maximum atomic E-state index is 12.6. The number of carbonyl (C=O) groups excluding carboxylic acids is 1. The van der Waals surface area contributed by atoms with Crippen LogP contribution in [0, 0.1) is 0 Å². The van der Waals surface area contributed by atoms with Crippen LogP contribution >= 0.6 is 11.8 Å². The number of ketones is 1. The highest BCUT2D eigenvalue weighted by Gasteiger charge is 2.15. The Morgan fingerprint density at radius 1 is 1.04 bits per heavy atom. The maximum absolute atomic E-state index is 12.6. The first-order valence-corrected chi connectivity index (χ1v) is 10.2. The Bertz CT molecular complexity index is 1170. The molecule has 0 spiro atoms. The molecule has 5 nitrogen and oxygen atoms in total. The van der Waals surface area contributed by atoms with E-state index < -0.39 is 0 Å². The molecule has 0 bridgehead atoms. The SMILES string of the molecule is O=C(CSc1nnc2c(n1)[nH]c1ccccc12)c1ccc2c(c1)CCCC2. The van der Waals surface area contributed by atoms with Crippen LogP contribution in [0.4, 0.5) is 0 Å². The molecular weight excluding hydrogens is 356 g/mol. The zero-order chi connectivity index (χ0) is 18.2. The van der Waals surface area contributed by atoms with Gasteiger partial charge in [0.15, 0.2) is 11.4 Å². The van der Waals surface area contributed by atoms with E-state index in [4.69, 9.17) is 0 Å². The fourth-order valence-electron chi connectivity index (χ4n) is 3.69. The second-order valence-corrected chi connectivity index (χ2v) is 7.81. The van der Waals surface area contributed by atoms with Crippen LogP contribution in [0.1, 0.15) is 34.3 Å². The topological polar surface area (TPSA) is 71.5 Å². The number of Topliss-reactive ketones (excluding diaryl/α,β-unsaturated/α-hetero) is 1. The van der Waals surface area contributed by atoms with Crippen molar-refractivity contribution >= 4 is 39.6 Å². The molecule has 1 N–H and O–H groups in total. The predicted molar refractivity (Wildman–Crippen MR) is 107 cm³/mol. The molecule has 6 heteroatoms. The van der Waals surface area contributed by atoms with Crippen molar-refractivity contribution in [2.75, 3.05) is 5.75 Å². The first kappa shape index (κ1) is 16.4. The lowest BCUT2D eigenvalue weighted by atomic mass is 9.90. The van der Waals surface area contributed by atoms with Crippen molar-refractivity contribution < 1.29 is 4.79 Å². The normalized spacial score (nSPS) is 13.8. The van der Waals surface area contributed by atoms with E-state index >= 15 is 0 Å². The second-order valence-electron chi connectivity index (χ2n) is 6.86. The van der Waals surface area contributed by atoms with Gasteiger partial charge in [-0.05, 0) is 48.9 Å². The van der Waals surface area contributed by atoms with E-state index in [1.807, 2.05) is 30.3 Å². The summed E-state index contributed by atoms with van der Waals surface area (Å²) in [6, 6.07) is 14.1. The number of rotatable bonds is 4. The molecule has 1 aliphatic carbocycles. The Hall–Kier alpha value is -2.73. The summed E-state index contributed by atoms with van der Waals surface area (Å²) < 4.78 is 0. The minimum atomic E-state index is 0.105. The summed E-state index contributed by atoms with van der Waals surface area (Å²) in [5.74, 6) is 0.417. The van der Waals surface area contributed by atoms with Crippen LogP contribution in [0.2, 0.25) is 0 Å². The molecule has 0 radical (unpaired) electrons. The molecule has 0 saturated heterocycles. The largest absolute Gasteiger partial charge is 0.338 e. The molecule has 2 aromatic heterocycles. The minimum Gasteiger partial charge on any atom is -0.338 e. The molecule has 27 heavy (non-hydrogen) atoms. The van der Waals surface area contributed by atoms with Crippen LogP contribution in [-0.4, -0.2) is 31.7 Å². The van der Waals surface area contributed by atoms with E-state index in [2.05, 4.69) is 32.3 Å². The van der Waals surface area contributed by atoms with Gasteiger partial charge in [0, 0.05) is 16.5 Å². The molecule has 0 fully saturated rings. The predicted octanol–water partition coefficient (Wildman–Crippen LogP) is 4.36. The molecule has 0 saturated carbocycles. The first-order chi connectivity index (χ1) is 13.3. The number of nitrogens with zero attached hydrogens (tertiary/aromatic N) is 3. The molecule has 5 rings (SSSR count). The number of hydrogen-bond acceptors (Lipinski definition) is 5. The van der Waals surface area contributed by atoms with Crippen molar-refractivity contribution in [1.82, 2.24) is 20.2 Å². The van der Waals surface area contributed by atoms with Crippen LogP contribution < -0.4 is 0 Å². The van der Waals surface area contributed by atoms with Gasteiger partial charge in [-0.15, -0.1) is 10.2 Å². The third-order valence-corrected chi connectivity index (χ3v) is 5.94. The van der Waals surface area contributed by atoms with E-state index in [0.717, 1.165) is 34.8 Å². The van der Waals surface area contributed by atoms with Crippen LogP contribution in [0.15, 0.2) is 47.6 Å². The van der Waals surface area contributed by atoms with Crippen LogP contribution in [-0.2, 0) is 12.8 Å². The van der Waals surface area contributed by atoms with E-state index in [-0.39, 0.29) is 5.78 Å². The number of hydrogen-bond donors (Lipinski definition) is 1. The number of nitrogens with one attached hydrogen (secondary N) is 1. The van der Waals surface area contributed by atoms with E-state index in [0.29, 0.717) is 16.6 Å². The lowest BCUT2D eigenvalue weighted by molar-refractivity contribution is 0.102. The Morgan fingerprint density at radius 3 is 2.81 bits per heavy atom. The van der Waals surface area contributed by atoms with Gasteiger partial charge in [0.1, 0.15) is 5.52 Å². The highest BCUT2D eigenvalue weighted by molar-refractivity contribution is 7.99. The van der Waals surface area contributed by atoms with Crippen molar-refractivity contribution in [2.24, 2.45) is 0 Å². The highest BCUT2D eigenvalue weighted by Crippen LogP contribution is 2.25. The lowest BCUT2D eigenvalue weighted by Crippen LogP contribution is -2.08. The fraction of sp³-hybridized carbons (Fsp3) is 0.238. The smallest absolute Gasteiger partial charge is 0.211 e. The molecule has 4 aromatic rings. The number of benzene rings is 2. The zero-order valence-corrected chi connectivity index (χ0v) is 15.6. The Balaban J connectivity index is 1.34. The van der Waals surface area contributed by atoms with Crippen LogP contribution in [0.5, 0.6) is 0 Å². The van der Waals surface area contributed by atoms with Gasteiger partial charge >= 0.3 is 0 Å². The maximum Gasteiger partial charge on any atom is 0.211 e. The summed E-state index contributed by atoms with van der Waals surface area (Å²) >= 11 is 1.33. The summed E-state index contributed by atoms with van der Waals surface area (Å²) in [6.45, 7) is 0. The van der Waals surface area contributed by atoms with Crippen molar-refractivity contribution in [3.63, 3.8) is 0 Å². The van der Waals surface area contributed by atoms with Gasteiger partial charge in [0.25, 0.3) is 0 Å². The fourth-order valence-corrected chi connectivity index (χ4v) is 4.37. The van der Waals surface area contributed by atoms with Gasteiger partial charge in [0.2, 0.25) is 5.16 Å². The van der Waals surface area contributed by atoms with Crippen molar-refractivity contribution in [3.8, 4) is 0 Å². The number of aromatic nitrogens is 4. The van der Waals surface area contributed by atoms with Crippen molar-refractivity contribution in [2.45, 2.75) is 30.8 Å². The standard InChI is InChI=1S/C21H18N4OS/c26-18(15-10-9-13-5-1-2-6-14(13)11-15)12-27-21-23-20-19(24-25-21)16-7-3-4-8-17(16)22-20/h3-4,7-11H,1-2,5-6,12H2,(H,22,23,25). The van der Waals surface area contributed by atoms with Gasteiger partial charge < -0.3 is 4.98 Å². The van der Waals surface area contributed by atoms with E-state index in [1.165, 1.54) is 35.7 Å². The number of fused-ring (bicyclic) bond motifs is 4. The monoisotopic (exact) mass is 374 g/mol. The number of carbonyl (C=O) groups is 1. The Labute approximate surface area is 160 Å². The number of para-hydroxylation sites is 1. The van der Waals surface area contributed by atoms with Gasteiger partial charge in [-0.1, -0.05) is 42.1 Å². The number of thioether (sulfide) groups is 1. The molecule has 0 atom stereocenters. The Morgan fingerprint density at radius 2 is 1.89 bits per heavy atom. The third-order valence-electron chi connectivity index (χ3n) is 5.11.